The number of ether oxygens (including phenoxy) is 1. The van der Waals surface area contributed by atoms with Crippen LogP contribution in [0.2, 0.25) is 0 Å². The zero-order chi connectivity index (χ0) is 12.7. The van der Waals surface area contributed by atoms with E-state index in [2.05, 4.69) is 12.2 Å². The molecule has 0 radical (unpaired) electrons. The fourth-order valence-corrected chi connectivity index (χ4v) is 3.00. The zero-order valence-corrected chi connectivity index (χ0v) is 10.2. The van der Waals surface area contributed by atoms with Crippen molar-refractivity contribution in [1.29, 1.82) is 0 Å². The monoisotopic (exact) mass is 245 g/mol. The topological polar surface area (TPSA) is 55.4 Å². The summed E-state index contributed by atoms with van der Waals surface area (Å²) in [6, 6.07) is 7.78. The van der Waals surface area contributed by atoms with Gasteiger partial charge in [0.1, 0.15) is 5.75 Å². The first-order valence-electron chi connectivity index (χ1n) is 6.22. The van der Waals surface area contributed by atoms with E-state index in [9.17, 15) is 9.59 Å². The summed E-state index contributed by atoms with van der Waals surface area (Å²) in [7, 11) is 0. The smallest absolute Gasteiger partial charge is 0.230 e. The molecule has 1 aromatic carbocycles. The van der Waals surface area contributed by atoms with Gasteiger partial charge in [0, 0.05) is 12.3 Å². The van der Waals surface area contributed by atoms with Crippen molar-refractivity contribution in [3.05, 3.63) is 29.8 Å². The van der Waals surface area contributed by atoms with Crippen molar-refractivity contribution in [2.75, 3.05) is 6.61 Å². The van der Waals surface area contributed by atoms with Gasteiger partial charge in [0.05, 0.1) is 12.5 Å². The van der Waals surface area contributed by atoms with Gasteiger partial charge in [-0.25, -0.2) is 0 Å². The van der Waals surface area contributed by atoms with E-state index < -0.39 is 0 Å². The minimum Gasteiger partial charge on any atom is -0.493 e. The lowest BCUT2D eigenvalue weighted by Crippen LogP contribution is -2.33. The normalized spacial score (nSPS) is 30.6. The first kappa shape index (κ1) is 11.3. The number of rotatable bonds is 1. The average molecular weight is 245 g/mol. The van der Waals surface area contributed by atoms with E-state index in [-0.39, 0.29) is 29.6 Å². The van der Waals surface area contributed by atoms with Crippen LogP contribution in [0.15, 0.2) is 24.3 Å². The van der Waals surface area contributed by atoms with Gasteiger partial charge in [-0.15, -0.1) is 0 Å². The maximum Gasteiger partial charge on any atom is 0.230 e. The Labute approximate surface area is 105 Å². The Morgan fingerprint density at radius 3 is 2.78 bits per heavy atom. The Bertz CT molecular complexity index is 512. The van der Waals surface area contributed by atoms with Crippen LogP contribution in [0.1, 0.15) is 24.8 Å². The van der Waals surface area contributed by atoms with Gasteiger partial charge in [0.15, 0.2) is 0 Å². The third-order valence-electron chi connectivity index (χ3n) is 3.83. The van der Waals surface area contributed by atoms with Crippen LogP contribution >= 0.6 is 0 Å². The highest BCUT2D eigenvalue weighted by atomic mass is 16.5. The summed E-state index contributed by atoms with van der Waals surface area (Å²) in [6.45, 7) is 2.66. The zero-order valence-electron chi connectivity index (χ0n) is 10.2. The van der Waals surface area contributed by atoms with Gasteiger partial charge in [0.25, 0.3) is 0 Å². The maximum atomic E-state index is 11.9. The van der Waals surface area contributed by atoms with E-state index in [0.29, 0.717) is 13.0 Å². The maximum absolute atomic E-state index is 11.9. The molecule has 0 aromatic heterocycles. The molecular weight excluding hydrogens is 230 g/mol. The van der Waals surface area contributed by atoms with E-state index in [1.807, 2.05) is 24.3 Å². The molecule has 1 fully saturated rings. The van der Waals surface area contributed by atoms with Gasteiger partial charge < -0.3 is 4.74 Å². The summed E-state index contributed by atoms with van der Waals surface area (Å²) >= 11 is 0. The van der Waals surface area contributed by atoms with E-state index in [1.54, 1.807) is 0 Å². The molecule has 0 bridgehead atoms. The van der Waals surface area contributed by atoms with Crippen LogP contribution in [0.3, 0.4) is 0 Å². The molecule has 18 heavy (non-hydrogen) atoms. The first-order chi connectivity index (χ1) is 8.66. The van der Waals surface area contributed by atoms with Crippen LogP contribution in [0.4, 0.5) is 0 Å². The summed E-state index contributed by atoms with van der Waals surface area (Å²) < 4.78 is 5.67. The quantitative estimate of drug-likeness (QED) is 0.762. The number of carbonyl (C=O) groups is 2. The molecule has 1 N–H and O–H groups in total. The summed E-state index contributed by atoms with van der Waals surface area (Å²) in [5.74, 6) is 0.586. The number of hydrogen-bond acceptors (Lipinski definition) is 3. The minimum absolute atomic E-state index is 0.0707. The third kappa shape index (κ3) is 1.68. The van der Waals surface area contributed by atoms with Crippen LogP contribution in [-0.4, -0.2) is 18.4 Å². The molecule has 1 aromatic rings. The second-order valence-electron chi connectivity index (χ2n) is 5.07. The summed E-state index contributed by atoms with van der Waals surface area (Å²) in [5, 5.41) is 2.40. The van der Waals surface area contributed by atoms with Gasteiger partial charge in [-0.05, 0) is 17.5 Å². The minimum atomic E-state index is -0.252. The number of benzene rings is 1. The Morgan fingerprint density at radius 1 is 1.28 bits per heavy atom. The number of amides is 2. The lowest BCUT2D eigenvalue weighted by molar-refractivity contribution is -0.126. The molecule has 0 saturated carbocycles. The summed E-state index contributed by atoms with van der Waals surface area (Å²) in [5.41, 5.74) is 1.05. The van der Waals surface area contributed by atoms with Gasteiger partial charge in [-0.3, -0.25) is 14.9 Å². The molecule has 94 valence electrons. The van der Waals surface area contributed by atoms with Crippen molar-refractivity contribution in [3.8, 4) is 5.75 Å². The molecule has 3 atom stereocenters. The predicted octanol–water partition coefficient (Wildman–Crippen LogP) is 1.46. The number of carbonyl (C=O) groups excluding carboxylic acids is 2. The van der Waals surface area contributed by atoms with Crippen LogP contribution in [0.5, 0.6) is 5.75 Å². The summed E-state index contributed by atoms with van der Waals surface area (Å²) in [4.78, 5) is 23.2. The number of fused-ring (bicyclic) bond motifs is 1. The second kappa shape index (κ2) is 4.12. The molecule has 2 heterocycles. The van der Waals surface area contributed by atoms with Crippen molar-refractivity contribution < 1.29 is 14.3 Å². The molecule has 2 aliphatic heterocycles. The van der Waals surface area contributed by atoms with Crippen LogP contribution < -0.4 is 10.1 Å². The van der Waals surface area contributed by atoms with Gasteiger partial charge >= 0.3 is 0 Å². The first-order valence-corrected chi connectivity index (χ1v) is 6.22. The number of imide groups is 1. The molecule has 3 rings (SSSR count). The van der Waals surface area contributed by atoms with Crippen molar-refractivity contribution in [2.45, 2.75) is 19.3 Å². The van der Waals surface area contributed by atoms with Crippen LogP contribution in [0, 0.1) is 11.8 Å². The molecule has 4 heteroatoms. The SMILES string of the molecule is CC1COc2ccccc2C1C1CC(=O)NC1=O. The average Bonchev–Trinajstić information content (AvgIpc) is 2.68. The fourth-order valence-electron chi connectivity index (χ4n) is 3.00. The van der Waals surface area contributed by atoms with Crippen LogP contribution in [0.25, 0.3) is 0 Å². The lowest BCUT2D eigenvalue weighted by Gasteiger charge is -2.33. The van der Waals surface area contributed by atoms with Gasteiger partial charge in [0.2, 0.25) is 11.8 Å². The molecule has 3 unspecified atom stereocenters. The molecule has 2 aliphatic rings. The van der Waals surface area contributed by atoms with E-state index in [0.717, 1.165) is 11.3 Å². The van der Waals surface area contributed by atoms with E-state index >= 15 is 0 Å². The standard InChI is InChI=1S/C14H15NO3/c1-8-7-18-11-5-3-2-4-9(11)13(8)10-6-12(16)15-14(10)17/h2-5,8,10,13H,6-7H2,1H3,(H,15,16,17). The number of hydrogen-bond donors (Lipinski definition) is 1. The second-order valence-corrected chi connectivity index (χ2v) is 5.07. The fraction of sp³-hybridized carbons (Fsp3) is 0.429. The predicted molar refractivity (Wildman–Crippen MR) is 65.1 cm³/mol. The molecule has 4 nitrogen and oxygen atoms in total. The largest absolute Gasteiger partial charge is 0.493 e. The third-order valence-corrected chi connectivity index (χ3v) is 3.83. The Hall–Kier alpha value is -1.84. The highest BCUT2D eigenvalue weighted by Crippen LogP contribution is 2.43. The number of nitrogens with one attached hydrogen (secondary N) is 1. The Balaban J connectivity index is 2.00. The van der Waals surface area contributed by atoms with Gasteiger partial charge in [-0.2, -0.15) is 0 Å². The highest BCUT2D eigenvalue weighted by molar-refractivity contribution is 6.04. The van der Waals surface area contributed by atoms with Crippen LogP contribution in [-0.2, 0) is 9.59 Å². The summed E-state index contributed by atoms with van der Waals surface area (Å²) in [6.07, 6.45) is 0.294. The van der Waals surface area contributed by atoms with E-state index in [4.69, 9.17) is 4.74 Å². The van der Waals surface area contributed by atoms with E-state index in [1.165, 1.54) is 0 Å². The molecule has 0 aliphatic carbocycles. The molecule has 0 spiro atoms. The van der Waals surface area contributed by atoms with Crippen molar-refractivity contribution in [2.24, 2.45) is 11.8 Å². The van der Waals surface area contributed by atoms with Crippen molar-refractivity contribution in [1.82, 2.24) is 5.32 Å². The Morgan fingerprint density at radius 2 is 2.06 bits per heavy atom. The highest BCUT2D eigenvalue weighted by Gasteiger charge is 2.42. The number of para-hydroxylation sites is 1. The van der Waals surface area contributed by atoms with Gasteiger partial charge in [-0.1, -0.05) is 25.1 Å². The van der Waals surface area contributed by atoms with Crippen molar-refractivity contribution >= 4 is 11.8 Å². The Kier molecular flexibility index (Phi) is 2.58. The van der Waals surface area contributed by atoms with Crippen molar-refractivity contribution in [3.63, 3.8) is 0 Å². The molecule has 2 amide bonds. The molecular formula is C14H15NO3. The molecule has 1 saturated heterocycles. The lowest BCUT2D eigenvalue weighted by atomic mass is 9.75.